The molecular weight excluding hydrogens is 368 g/mol. The highest BCUT2D eigenvalue weighted by atomic mass is 32.2. The van der Waals surface area contributed by atoms with Gasteiger partial charge in [-0.2, -0.15) is 0 Å². The Labute approximate surface area is 167 Å². The van der Waals surface area contributed by atoms with Gasteiger partial charge in [0.2, 0.25) is 5.91 Å². The van der Waals surface area contributed by atoms with Gasteiger partial charge >= 0.3 is 0 Å². The first-order chi connectivity index (χ1) is 13.8. The highest BCUT2D eigenvalue weighted by Crippen LogP contribution is 2.36. The van der Waals surface area contributed by atoms with E-state index in [9.17, 15) is 4.79 Å². The van der Waals surface area contributed by atoms with E-state index in [0.29, 0.717) is 5.16 Å². The van der Waals surface area contributed by atoms with E-state index in [1.807, 2.05) is 95.6 Å². The van der Waals surface area contributed by atoms with E-state index < -0.39 is 5.25 Å². The van der Waals surface area contributed by atoms with E-state index in [1.165, 1.54) is 11.8 Å². The van der Waals surface area contributed by atoms with E-state index in [4.69, 9.17) is 0 Å². The van der Waals surface area contributed by atoms with Crippen molar-refractivity contribution < 1.29 is 4.79 Å². The van der Waals surface area contributed by atoms with Gasteiger partial charge in [0.25, 0.3) is 0 Å². The van der Waals surface area contributed by atoms with Crippen LogP contribution in [0.1, 0.15) is 10.8 Å². The van der Waals surface area contributed by atoms with Crippen molar-refractivity contribution in [1.29, 1.82) is 0 Å². The van der Waals surface area contributed by atoms with Crippen LogP contribution in [0.15, 0.2) is 102 Å². The summed E-state index contributed by atoms with van der Waals surface area (Å²) in [6.45, 7) is 0. The lowest BCUT2D eigenvalue weighted by atomic mass is 10.1. The quantitative estimate of drug-likeness (QED) is 0.486. The zero-order chi connectivity index (χ0) is 19.2. The molecule has 1 N–H and O–H groups in total. The Bertz CT molecular complexity index is 1040. The number of carbonyl (C=O) groups excluding carboxylic acids is 1. The van der Waals surface area contributed by atoms with Crippen molar-refractivity contribution >= 4 is 23.4 Å². The third-order valence-electron chi connectivity index (χ3n) is 4.16. The van der Waals surface area contributed by atoms with E-state index in [2.05, 4.69) is 15.5 Å². The molecule has 0 saturated heterocycles. The van der Waals surface area contributed by atoms with Gasteiger partial charge < -0.3 is 5.32 Å². The number of nitrogens with zero attached hydrogens (tertiary/aromatic N) is 3. The molecular formula is C22H18N4OS. The molecule has 0 radical (unpaired) electrons. The van der Waals surface area contributed by atoms with Crippen LogP contribution in [-0.4, -0.2) is 20.7 Å². The summed E-state index contributed by atoms with van der Waals surface area (Å²) in [5, 5.41) is 11.5. The van der Waals surface area contributed by atoms with Crippen LogP contribution in [0.25, 0.3) is 5.69 Å². The van der Waals surface area contributed by atoms with Crippen LogP contribution in [0.5, 0.6) is 0 Å². The molecule has 1 atom stereocenters. The zero-order valence-electron chi connectivity index (χ0n) is 15.0. The number of para-hydroxylation sites is 2. The average molecular weight is 386 g/mol. The van der Waals surface area contributed by atoms with E-state index >= 15 is 0 Å². The maximum atomic E-state index is 13.1. The van der Waals surface area contributed by atoms with Crippen molar-refractivity contribution in [2.24, 2.45) is 0 Å². The number of carbonyl (C=O) groups is 1. The summed E-state index contributed by atoms with van der Waals surface area (Å²) in [6, 6.07) is 29.0. The molecule has 0 aliphatic heterocycles. The lowest BCUT2D eigenvalue weighted by Crippen LogP contribution is -2.19. The number of thioether (sulfide) groups is 1. The van der Waals surface area contributed by atoms with Gasteiger partial charge in [0.05, 0.1) is 0 Å². The Hall–Kier alpha value is -3.38. The minimum atomic E-state index is -0.465. The fraction of sp³-hybridized carbons (Fsp3) is 0.0455. The number of benzene rings is 3. The van der Waals surface area contributed by atoms with E-state index in [1.54, 1.807) is 6.33 Å². The monoisotopic (exact) mass is 386 g/mol. The summed E-state index contributed by atoms with van der Waals surface area (Å²) in [4.78, 5) is 13.1. The average Bonchev–Trinajstić information content (AvgIpc) is 3.22. The van der Waals surface area contributed by atoms with Crippen molar-refractivity contribution in [3.05, 3.63) is 103 Å². The SMILES string of the molecule is O=C(Nc1ccccc1)C(Sc1nncn1-c1ccccc1)c1ccccc1. The van der Waals surface area contributed by atoms with Gasteiger partial charge in [-0.1, -0.05) is 78.5 Å². The van der Waals surface area contributed by atoms with Gasteiger partial charge in [0.15, 0.2) is 5.16 Å². The van der Waals surface area contributed by atoms with Crippen molar-refractivity contribution in [2.75, 3.05) is 5.32 Å². The molecule has 3 aromatic carbocycles. The highest BCUT2D eigenvalue weighted by molar-refractivity contribution is 8.00. The molecule has 28 heavy (non-hydrogen) atoms. The molecule has 1 aromatic heterocycles. The second kappa shape index (κ2) is 8.54. The molecule has 5 nitrogen and oxygen atoms in total. The molecule has 0 spiro atoms. The topological polar surface area (TPSA) is 59.8 Å². The van der Waals surface area contributed by atoms with E-state index in [0.717, 1.165) is 16.9 Å². The molecule has 1 heterocycles. The largest absolute Gasteiger partial charge is 0.325 e. The number of hydrogen-bond donors (Lipinski definition) is 1. The molecule has 6 heteroatoms. The van der Waals surface area contributed by atoms with Crippen molar-refractivity contribution in [2.45, 2.75) is 10.4 Å². The van der Waals surface area contributed by atoms with Gasteiger partial charge in [0, 0.05) is 11.4 Å². The van der Waals surface area contributed by atoms with Crippen LogP contribution in [0, 0.1) is 0 Å². The van der Waals surface area contributed by atoms with Gasteiger partial charge in [0.1, 0.15) is 11.6 Å². The number of rotatable bonds is 6. The third kappa shape index (κ3) is 4.13. The summed E-state index contributed by atoms with van der Waals surface area (Å²) in [5.74, 6) is -0.106. The number of anilines is 1. The predicted octanol–water partition coefficient (Wildman–Crippen LogP) is 4.74. The number of hydrogen-bond acceptors (Lipinski definition) is 4. The summed E-state index contributed by atoms with van der Waals surface area (Å²) in [6.07, 6.45) is 1.66. The lowest BCUT2D eigenvalue weighted by molar-refractivity contribution is -0.115. The highest BCUT2D eigenvalue weighted by Gasteiger charge is 2.25. The maximum absolute atomic E-state index is 13.1. The Balaban J connectivity index is 1.64. The molecule has 0 fully saturated rings. The summed E-state index contributed by atoms with van der Waals surface area (Å²) >= 11 is 1.37. The van der Waals surface area contributed by atoms with Crippen LogP contribution >= 0.6 is 11.8 Å². The molecule has 0 aliphatic rings. The van der Waals surface area contributed by atoms with Crippen LogP contribution in [0.4, 0.5) is 5.69 Å². The molecule has 138 valence electrons. The van der Waals surface area contributed by atoms with Crippen molar-refractivity contribution in [3.8, 4) is 5.69 Å². The molecule has 1 unspecified atom stereocenters. The zero-order valence-corrected chi connectivity index (χ0v) is 15.8. The van der Waals surface area contributed by atoms with Crippen LogP contribution < -0.4 is 5.32 Å². The first-order valence-corrected chi connectivity index (χ1v) is 9.72. The first kappa shape index (κ1) is 18.0. The predicted molar refractivity (Wildman–Crippen MR) is 111 cm³/mol. The standard InChI is InChI=1S/C22H18N4OS/c27-21(24-18-12-6-2-7-13-18)20(17-10-4-1-5-11-17)28-22-25-23-16-26(22)19-14-8-3-9-15-19/h1-16,20H,(H,24,27). The molecule has 0 saturated carbocycles. The Morgan fingerprint density at radius 1 is 0.857 bits per heavy atom. The van der Waals surface area contributed by atoms with Gasteiger partial charge in [-0.05, 0) is 29.8 Å². The minimum absolute atomic E-state index is 0.106. The molecule has 4 rings (SSSR count). The Morgan fingerprint density at radius 3 is 2.14 bits per heavy atom. The van der Waals surface area contributed by atoms with Gasteiger partial charge in [-0.3, -0.25) is 9.36 Å². The molecule has 0 aliphatic carbocycles. The smallest absolute Gasteiger partial charge is 0.242 e. The van der Waals surface area contributed by atoms with Crippen LogP contribution in [-0.2, 0) is 4.79 Å². The minimum Gasteiger partial charge on any atom is -0.325 e. The summed E-state index contributed by atoms with van der Waals surface area (Å²) in [5.41, 5.74) is 2.62. The second-order valence-corrected chi connectivity index (χ2v) is 7.16. The Kier molecular flexibility index (Phi) is 5.49. The number of amides is 1. The van der Waals surface area contributed by atoms with Gasteiger partial charge in [-0.15, -0.1) is 10.2 Å². The lowest BCUT2D eigenvalue weighted by Gasteiger charge is -2.17. The summed E-state index contributed by atoms with van der Waals surface area (Å²) < 4.78 is 1.89. The molecule has 0 bridgehead atoms. The molecule has 1 amide bonds. The fourth-order valence-electron chi connectivity index (χ4n) is 2.81. The van der Waals surface area contributed by atoms with Crippen molar-refractivity contribution in [3.63, 3.8) is 0 Å². The van der Waals surface area contributed by atoms with Gasteiger partial charge in [-0.25, -0.2) is 0 Å². The molecule has 4 aromatic rings. The third-order valence-corrected chi connectivity index (χ3v) is 5.37. The van der Waals surface area contributed by atoms with E-state index in [-0.39, 0.29) is 5.91 Å². The maximum Gasteiger partial charge on any atom is 0.242 e. The van der Waals surface area contributed by atoms with Crippen LogP contribution in [0.2, 0.25) is 0 Å². The first-order valence-electron chi connectivity index (χ1n) is 8.84. The Morgan fingerprint density at radius 2 is 1.46 bits per heavy atom. The summed E-state index contributed by atoms with van der Waals surface area (Å²) in [7, 11) is 0. The second-order valence-electron chi connectivity index (χ2n) is 6.08. The van der Waals surface area contributed by atoms with Crippen LogP contribution in [0.3, 0.4) is 0 Å². The number of aromatic nitrogens is 3. The number of nitrogens with one attached hydrogen (secondary N) is 1. The van der Waals surface area contributed by atoms with Crippen molar-refractivity contribution in [1.82, 2.24) is 14.8 Å². The fourth-order valence-corrected chi connectivity index (χ4v) is 3.84. The normalized spacial score (nSPS) is 11.7.